The fourth-order valence-electron chi connectivity index (χ4n) is 6.00. The van der Waals surface area contributed by atoms with Crippen LogP contribution in [0.2, 0.25) is 0 Å². The maximum atomic E-state index is 12.4. The van der Waals surface area contributed by atoms with Gasteiger partial charge in [-0.1, -0.05) is 96.4 Å². The van der Waals surface area contributed by atoms with Crippen molar-refractivity contribution >= 4 is 32.9 Å². The Morgan fingerprint density at radius 2 is 1.26 bits per heavy atom. The Morgan fingerprint density at radius 3 is 1.81 bits per heavy atom. The van der Waals surface area contributed by atoms with Gasteiger partial charge in [-0.15, -0.1) is 0 Å². The Kier molecular flexibility index (Phi) is 16.1. The van der Waals surface area contributed by atoms with Crippen molar-refractivity contribution < 1.29 is 25.9 Å². The van der Waals surface area contributed by atoms with E-state index in [2.05, 4.69) is 32.5 Å². The van der Waals surface area contributed by atoms with Gasteiger partial charge in [0.15, 0.2) is 0 Å². The van der Waals surface area contributed by atoms with Crippen LogP contribution in [0.1, 0.15) is 145 Å². The van der Waals surface area contributed by atoms with Gasteiger partial charge in [0.05, 0.1) is 9.79 Å². The van der Waals surface area contributed by atoms with Crippen LogP contribution in [0.5, 0.6) is 0 Å². The zero-order valence-corrected chi connectivity index (χ0v) is 28.2. The van der Waals surface area contributed by atoms with E-state index < -0.39 is 20.2 Å². The summed E-state index contributed by atoms with van der Waals surface area (Å²) in [5, 5.41) is 0. The highest BCUT2D eigenvalue weighted by Gasteiger charge is 2.23. The minimum atomic E-state index is -4.34. The lowest BCUT2D eigenvalue weighted by Crippen LogP contribution is -2.09. The molecule has 6 nitrogen and oxygen atoms in total. The second-order valence-electron chi connectivity index (χ2n) is 11.8. The van der Waals surface area contributed by atoms with Crippen molar-refractivity contribution in [3.63, 3.8) is 0 Å². The van der Waals surface area contributed by atoms with Gasteiger partial charge in [-0.05, 0) is 96.9 Å². The minimum Gasteiger partial charge on any atom is -0.282 e. The summed E-state index contributed by atoms with van der Waals surface area (Å²) in [4.78, 5) is -0.0156. The van der Waals surface area contributed by atoms with E-state index in [1.54, 1.807) is 18.2 Å². The van der Waals surface area contributed by atoms with Crippen LogP contribution in [0.15, 0.2) is 52.3 Å². The molecule has 0 radical (unpaired) electrons. The molecule has 42 heavy (non-hydrogen) atoms. The summed E-state index contributed by atoms with van der Waals surface area (Å²) in [6, 6.07) is 12.3. The molecule has 0 spiro atoms. The molecule has 238 valence electrons. The predicted molar refractivity (Wildman–Crippen MR) is 176 cm³/mol. The van der Waals surface area contributed by atoms with Gasteiger partial charge in [-0.25, -0.2) is 0 Å². The molecule has 0 fully saturated rings. The molecule has 0 aromatic heterocycles. The lowest BCUT2D eigenvalue weighted by atomic mass is 9.85. The third-order valence-corrected chi connectivity index (χ3v) is 10.5. The van der Waals surface area contributed by atoms with Crippen molar-refractivity contribution in [1.29, 1.82) is 0 Å². The summed E-state index contributed by atoms with van der Waals surface area (Å²) < 4.78 is 67.7. The first-order valence-electron chi connectivity index (χ1n) is 15.7. The van der Waals surface area contributed by atoms with Crippen molar-refractivity contribution in [2.45, 2.75) is 138 Å². The van der Waals surface area contributed by atoms with Gasteiger partial charge in [0.25, 0.3) is 20.2 Å². The normalized spacial score (nSPS) is 14.5. The zero-order chi connectivity index (χ0) is 31.2. The number of rotatable bonds is 21. The van der Waals surface area contributed by atoms with Crippen LogP contribution in [-0.2, 0) is 20.2 Å². The molecule has 0 heterocycles. The van der Waals surface area contributed by atoms with Crippen molar-refractivity contribution in [2.24, 2.45) is 0 Å². The summed E-state index contributed by atoms with van der Waals surface area (Å²) in [5.41, 5.74) is 2.60. The lowest BCUT2D eigenvalue weighted by molar-refractivity contribution is 0.472. The van der Waals surface area contributed by atoms with Gasteiger partial charge in [0.2, 0.25) is 0 Å². The van der Waals surface area contributed by atoms with Crippen LogP contribution >= 0.6 is 12.6 Å². The van der Waals surface area contributed by atoms with E-state index >= 15 is 0 Å². The van der Waals surface area contributed by atoms with E-state index in [4.69, 9.17) is 0 Å². The molecular weight excluding hydrogens is 589 g/mol. The number of benzene rings is 2. The van der Waals surface area contributed by atoms with E-state index in [0.29, 0.717) is 5.56 Å². The first kappa shape index (κ1) is 36.8. The fraction of sp³-hybridized carbons (Fsp3) is 0.636. The summed E-state index contributed by atoms with van der Waals surface area (Å²) in [6.45, 7) is 6.31. The van der Waals surface area contributed by atoms with Crippen molar-refractivity contribution in [1.82, 2.24) is 0 Å². The highest BCUT2D eigenvalue weighted by atomic mass is 32.2. The Balaban J connectivity index is 2.13. The third kappa shape index (κ3) is 12.3. The second-order valence-corrected chi connectivity index (χ2v) is 15.0. The average molecular weight is 641 g/mol. The molecule has 3 unspecified atom stereocenters. The van der Waals surface area contributed by atoms with Gasteiger partial charge >= 0.3 is 0 Å². The van der Waals surface area contributed by atoms with Crippen LogP contribution in [0.3, 0.4) is 0 Å². The standard InChI is InChI=1S/C33H52O6S3/c1-4-6-7-9-17-28(30-21-22-32(26(3)15-13-23-40)33(25-30)42(37,38)39)18-11-8-10-16-27(14-5-2)29-19-12-20-31(24-29)41(34,35)36/h12,19-22,24-28,40H,4-11,13-18,23H2,1-3H3,(H,34,35,36)(H,37,38,39). The van der Waals surface area contributed by atoms with E-state index in [1.165, 1.54) is 12.5 Å². The molecule has 0 aliphatic heterocycles. The molecule has 0 saturated heterocycles. The summed E-state index contributed by atoms with van der Waals surface area (Å²) in [6.07, 6.45) is 14.1. The average Bonchev–Trinajstić information content (AvgIpc) is 2.95. The van der Waals surface area contributed by atoms with Crippen molar-refractivity contribution in [2.75, 3.05) is 5.75 Å². The van der Waals surface area contributed by atoms with Gasteiger partial charge in [0, 0.05) is 0 Å². The van der Waals surface area contributed by atoms with E-state index in [1.807, 2.05) is 19.1 Å². The maximum absolute atomic E-state index is 12.4. The number of hydrogen-bond acceptors (Lipinski definition) is 5. The molecule has 0 amide bonds. The smallest absolute Gasteiger partial charge is 0.282 e. The predicted octanol–water partition coefficient (Wildman–Crippen LogP) is 9.58. The SMILES string of the molecule is CCCCCCC(CCCCCC(CCC)c1cccc(S(=O)(=O)O)c1)c1ccc(C(C)CCCS)c(S(=O)(=O)O)c1. The van der Waals surface area contributed by atoms with E-state index in [9.17, 15) is 25.9 Å². The molecule has 2 rings (SSSR count). The third-order valence-electron chi connectivity index (χ3n) is 8.39. The zero-order valence-electron chi connectivity index (χ0n) is 25.7. The van der Waals surface area contributed by atoms with Crippen LogP contribution in [0, 0.1) is 0 Å². The largest absolute Gasteiger partial charge is 0.294 e. The second kappa shape index (κ2) is 18.4. The monoisotopic (exact) mass is 640 g/mol. The van der Waals surface area contributed by atoms with Crippen LogP contribution in [0.25, 0.3) is 0 Å². The van der Waals surface area contributed by atoms with E-state index in [-0.39, 0.29) is 27.5 Å². The molecule has 0 bridgehead atoms. The highest BCUT2D eigenvalue weighted by molar-refractivity contribution is 7.86. The summed E-state index contributed by atoms with van der Waals surface area (Å²) in [7, 11) is -8.58. The topological polar surface area (TPSA) is 109 Å². The van der Waals surface area contributed by atoms with Crippen molar-refractivity contribution in [3.05, 3.63) is 59.2 Å². The molecule has 0 aliphatic carbocycles. The highest BCUT2D eigenvalue weighted by Crippen LogP contribution is 2.35. The van der Waals surface area contributed by atoms with Gasteiger partial charge in [0.1, 0.15) is 0 Å². The minimum absolute atomic E-state index is 0.0142. The lowest BCUT2D eigenvalue weighted by Gasteiger charge is -2.21. The molecule has 2 aromatic rings. The Labute approximate surface area is 261 Å². The molecule has 9 heteroatoms. The molecule has 2 aromatic carbocycles. The fourth-order valence-corrected chi connectivity index (χ4v) is 7.57. The van der Waals surface area contributed by atoms with Gasteiger partial charge in [-0.3, -0.25) is 9.11 Å². The number of unbranched alkanes of at least 4 members (excludes halogenated alkanes) is 5. The molecule has 0 saturated carbocycles. The van der Waals surface area contributed by atoms with Crippen LogP contribution < -0.4 is 0 Å². The molecular formula is C33H52O6S3. The van der Waals surface area contributed by atoms with E-state index in [0.717, 1.165) is 100 Å². The molecule has 0 aliphatic rings. The molecule has 3 atom stereocenters. The Morgan fingerprint density at radius 1 is 0.667 bits per heavy atom. The quantitative estimate of drug-likeness (QED) is 0.0712. The van der Waals surface area contributed by atoms with Gasteiger partial charge in [-0.2, -0.15) is 29.5 Å². The van der Waals surface area contributed by atoms with Crippen LogP contribution in [-0.4, -0.2) is 31.7 Å². The molecule has 2 N–H and O–H groups in total. The van der Waals surface area contributed by atoms with Crippen LogP contribution in [0.4, 0.5) is 0 Å². The Bertz CT molecular complexity index is 1290. The van der Waals surface area contributed by atoms with Gasteiger partial charge < -0.3 is 0 Å². The summed E-state index contributed by atoms with van der Waals surface area (Å²) in [5.74, 6) is 1.21. The van der Waals surface area contributed by atoms with Crippen molar-refractivity contribution in [3.8, 4) is 0 Å². The number of thiol groups is 1. The maximum Gasteiger partial charge on any atom is 0.294 e. The first-order chi connectivity index (χ1) is 19.9. The summed E-state index contributed by atoms with van der Waals surface area (Å²) >= 11 is 4.28. The first-order valence-corrected chi connectivity index (χ1v) is 19.2. The Hall–Kier alpha value is -1.39. The number of hydrogen-bond donors (Lipinski definition) is 3.